The Bertz CT molecular complexity index is 1230. The normalized spacial score (nSPS) is 23.5. The number of ether oxygens (including phenoxy) is 1. The van der Waals surface area contributed by atoms with Crippen LogP contribution < -0.4 is 10.5 Å². The van der Waals surface area contributed by atoms with Crippen LogP contribution in [0.5, 0.6) is 11.5 Å². The van der Waals surface area contributed by atoms with Crippen LogP contribution in [0.2, 0.25) is 0 Å². The molecule has 0 spiro atoms. The van der Waals surface area contributed by atoms with Crippen molar-refractivity contribution in [2.24, 2.45) is 17.6 Å². The zero-order valence-corrected chi connectivity index (χ0v) is 19.2. The van der Waals surface area contributed by atoms with E-state index in [4.69, 9.17) is 10.5 Å². The molecule has 4 rings (SSSR count). The number of fused-ring (bicyclic) bond motifs is 2. The second-order valence-electron chi connectivity index (χ2n) is 8.98. The Morgan fingerprint density at radius 1 is 1.14 bits per heavy atom. The molecule has 184 valence electrons. The molecule has 2 aliphatic carbocycles. The lowest BCUT2D eigenvalue weighted by Gasteiger charge is -2.43. The number of aromatic hydroxyl groups is 1. The van der Waals surface area contributed by atoms with Crippen molar-refractivity contribution in [3.05, 3.63) is 58.9 Å². The summed E-state index contributed by atoms with van der Waals surface area (Å²) >= 11 is 0. The lowest BCUT2D eigenvalue weighted by Crippen LogP contribution is -2.54. The van der Waals surface area contributed by atoms with Gasteiger partial charge in [-0.2, -0.15) is 0 Å². The van der Waals surface area contributed by atoms with Gasteiger partial charge < -0.3 is 30.9 Å². The Kier molecular flexibility index (Phi) is 6.40. The number of aliphatic hydroxyl groups is 3. The van der Waals surface area contributed by atoms with Gasteiger partial charge in [0.1, 0.15) is 17.3 Å². The number of amides is 1. The number of aliphatic hydroxyl groups excluding tert-OH is 2. The minimum atomic E-state index is -2.54. The van der Waals surface area contributed by atoms with E-state index in [2.05, 4.69) is 0 Å². The quantitative estimate of drug-likeness (QED) is 0.373. The minimum absolute atomic E-state index is 0.0126. The van der Waals surface area contributed by atoms with Gasteiger partial charge in [0.05, 0.1) is 19.1 Å². The summed E-state index contributed by atoms with van der Waals surface area (Å²) < 4.78 is 5.21. The number of hydrogen-bond donors (Lipinski definition) is 5. The smallest absolute Gasteiger partial charge is 0.225 e. The average Bonchev–Trinajstić information content (AvgIpc) is 2.82. The van der Waals surface area contributed by atoms with Crippen LogP contribution >= 0.6 is 0 Å². The molecule has 2 aliphatic rings. The first-order chi connectivity index (χ1) is 16.6. The first-order valence-electron chi connectivity index (χ1n) is 11.3. The van der Waals surface area contributed by atoms with E-state index in [0.717, 1.165) is 11.1 Å². The molecule has 1 amide bonds. The summed E-state index contributed by atoms with van der Waals surface area (Å²) in [5.41, 5.74) is 4.50. The third kappa shape index (κ3) is 3.96. The van der Waals surface area contributed by atoms with E-state index in [1.165, 1.54) is 6.07 Å². The molecule has 35 heavy (non-hydrogen) atoms. The number of methoxy groups -OCH3 is 1. The third-order valence-corrected chi connectivity index (χ3v) is 7.04. The third-order valence-electron chi connectivity index (χ3n) is 7.04. The number of phenolic OH excluding ortho intramolecular Hbond substituents is 1. The highest BCUT2D eigenvalue weighted by Crippen LogP contribution is 2.50. The van der Waals surface area contributed by atoms with Crippen LogP contribution in [-0.4, -0.2) is 57.2 Å². The number of benzene rings is 2. The van der Waals surface area contributed by atoms with E-state index >= 15 is 0 Å². The van der Waals surface area contributed by atoms with Crippen LogP contribution in [0.15, 0.2) is 47.7 Å². The number of Topliss-reactive ketones (excluding diaryl/α,β-unsaturated/α-hetero) is 2. The van der Waals surface area contributed by atoms with E-state index in [-0.39, 0.29) is 42.8 Å². The largest absolute Gasteiger partial charge is 0.508 e. The van der Waals surface area contributed by atoms with Crippen molar-refractivity contribution in [2.75, 3.05) is 13.7 Å². The molecule has 0 radical (unpaired) electrons. The molecule has 0 aliphatic heterocycles. The topological polar surface area (TPSA) is 167 Å². The molecule has 6 N–H and O–H groups in total. The molecular formula is C26H27NO8. The molecule has 3 atom stereocenters. The summed E-state index contributed by atoms with van der Waals surface area (Å²) in [6.45, 7) is -0.380. The first kappa shape index (κ1) is 24.4. The van der Waals surface area contributed by atoms with Crippen molar-refractivity contribution < 1.29 is 39.5 Å². The molecule has 2 aromatic rings. The van der Waals surface area contributed by atoms with Gasteiger partial charge in [0.25, 0.3) is 0 Å². The molecule has 0 aromatic heterocycles. The van der Waals surface area contributed by atoms with Gasteiger partial charge in [0.2, 0.25) is 5.91 Å². The van der Waals surface area contributed by atoms with E-state index in [1.54, 1.807) is 25.3 Å². The second-order valence-corrected chi connectivity index (χ2v) is 8.98. The maximum Gasteiger partial charge on any atom is 0.225 e. The Morgan fingerprint density at radius 3 is 2.43 bits per heavy atom. The number of primary amides is 1. The van der Waals surface area contributed by atoms with Crippen molar-refractivity contribution in [2.45, 2.75) is 31.3 Å². The molecule has 9 nitrogen and oxygen atoms in total. The van der Waals surface area contributed by atoms with Gasteiger partial charge in [-0.25, -0.2) is 0 Å². The summed E-state index contributed by atoms with van der Waals surface area (Å²) in [6.07, 6.45) is -0.526. The molecular weight excluding hydrogens is 454 g/mol. The Labute approximate surface area is 201 Å². The highest BCUT2D eigenvalue weighted by Gasteiger charge is 2.55. The highest BCUT2D eigenvalue weighted by atomic mass is 16.5. The fourth-order valence-electron chi connectivity index (χ4n) is 5.36. The monoisotopic (exact) mass is 481 g/mol. The lowest BCUT2D eigenvalue weighted by molar-refractivity contribution is -0.147. The molecule has 0 heterocycles. The predicted octanol–water partition coefficient (Wildman–Crippen LogP) is 1.81. The van der Waals surface area contributed by atoms with Gasteiger partial charge in [0, 0.05) is 18.1 Å². The predicted molar refractivity (Wildman–Crippen MR) is 125 cm³/mol. The Balaban J connectivity index is 1.87. The summed E-state index contributed by atoms with van der Waals surface area (Å²) in [5.74, 6) is -4.72. The van der Waals surface area contributed by atoms with Crippen molar-refractivity contribution in [1.29, 1.82) is 0 Å². The Morgan fingerprint density at radius 2 is 1.83 bits per heavy atom. The maximum absolute atomic E-state index is 13.6. The number of rotatable bonds is 7. The molecule has 0 fully saturated rings. The molecule has 0 saturated heterocycles. The van der Waals surface area contributed by atoms with E-state index in [0.29, 0.717) is 11.3 Å². The molecule has 0 saturated carbocycles. The fourth-order valence-corrected chi connectivity index (χ4v) is 5.36. The molecule has 0 unspecified atom stereocenters. The summed E-state index contributed by atoms with van der Waals surface area (Å²) in [4.78, 5) is 37.8. The van der Waals surface area contributed by atoms with Crippen molar-refractivity contribution in [3.63, 3.8) is 0 Å². The van der Waals surface area contributed by atoms with Crippen molar-refractivity contribution >= 4 is 17.5 Å². The van der Waals surface area contributed by atoms with Crippen LogP contribution in [0, 0.1) is 11.8 Å². The van der Waals surface area contributed by atoms with Crippen LogP contribution in [-0.2, 0) is 16.0 Å². The number of carbonyl (C=O) groups is 3. The fraction of sp³-hybridized carbons (Fsp3) is 0.346. The molecule has 2 aromatic carbocycles. The van der Waals surface area contributed by atoms with Gasteiger partial charge in [-0.3, -0.25) is 14.4 Å². The maximum atomic E-state index is 13.6. The Hall–Kier alpha value is -3.69. The van der Waals surface area contributed by atoms with E-state index < -0.39 is 47.1 Å². The van der Waals surface area contributed by atoms with E-state index in [1.807, 2.05) is 12.1 Å². The summed E-state index contributed by atoms with van der Waals surface area (Å²) in [7, 11) is 1.55. The van der Waals surface area contributed by atoms with Crippen molar-refractivity contribution in [1.82, 2.24) is 0 Å². The van der Waals surface area contributed by atoms with Crippen LogP contribution in [0.25, 0.3) is 11.1 Å². The number of ketones is 2. The second kappa shape index (κ2) is 9.16. The molecule has 9 heteroatoms. The number of carbonyl (C=O) groups excluding carboxylic acids is 3. The van der Waals surface area contributed by atoms with Gasteiger partial charge in [-0.05, 0) is 60.1 Å². The summed E-state index contributed by atoms with van der Waals surface area (Å²) in [5, 5.41) is 42.5. The van der Waals surface area contributed by atoms with Gasteiger partial charge in [-0.1, -0.05) is 18.2 Å². The average molecular weight is 482 g/mol. The van der Waals surface area contributed by atoms with Crippen LogP contribution in [0.3, 0.4) is 0 Å². The number of phenols is 1. The zero-order chi connectivity index (χ0) is 25.5. The standard InChI is InChI=1S/C26H27NO8/c1-35-16-4-2-13(3-5-16)17-6-7-19(29)23-18(17)11-14-10-15(8-9-28)26(34,20(30)12-21(27)31)25(33)22(14)24(23)32/h2-7,14-15,28-29,33-34H,8-12H2,1H3,(H2,27,31)/t14-,15-,26-/m1/s1. The zero-order valence-electron chi connectivity index (χ0n) is 19.2. The van der Waals surface area contributed by atoms with Gasteiger partial charge in [0.15, 0.2) is 17.2 Å². The SMILES string of the molecule is COc1ccc(-c2ccc(O)c3c2C[C@H]2C[C@@H](CCO)[C@@](O)(C(=O)CC(N)=O)C(O)=C2C3=O)cc1. The van der Waals surface area contributed by atoms with Gasteiger partial charge >= 0.3 is 0 Å². The van der Waals surface area contributed by atoms with Crippen LogP contribution in [0.1, 0.15) is 35.2 Å². The van der Waals surface area contributed by atoms with Crippen molar-refractivity contribution in [3.8, 4) is 22.6 Å². The van der Waals surface area contributed by atoms with Gasteiger partial charge in [-0.15, -0.1) is 0 Å². The number of hydrogen-bond acceptors (Lipinski definition) is 8. The minimum Gasteiger partial charge on any atom is -0.508 e. The first-order valence-corrected chi connectivity index (χ1v) is 11.3. The number of allylic oxidation sites excluding steroid dienone is 1. The summed E-state index contributed by atoms with van der Waals surface area (Å²) in [6, 6.07) is 10.3. The van der Waals surface area contributed by atoms with E-state index in [9.17, 15) is 34.8 Å². The highest BCUT2D eigenvalue weighted by molar-refractivity contribution is 6.15. The number of nitrogens with two attached hydrogens (primary N) is 1. The molecule has 0 bridgehead atoms. The van der Waals surface area contributed by atoms with Crippen LogP contribution in [0.4, 0.5) is 0 Å². The lowest BCUT2D eigenvalue weighted by atomic mass is 9.62.